The average Bonchev–Trinajstić information content (AvgIpc) is 3.25. The van der Waals surface area contributed by atoms with Gasteiger partial charge in [0, 0.05) is 24.1 Å². The number of carbonyl (C=O) groups is 1. The van der Waals surface area contributed by atoms with Crippen LogP contribution in [0.1, 0.15) is 36.8 Å². The highest BCUT2D eigenvalue weighted by atomic mass is 16.5. The molecule has 0 atom stereocenters. The van der Waals surface area contributed by atoms with Crippen molar-refractivity contribution >= 4 is 5.91 Å². The molecule has 0 unspecified atom stereocenters. The minimum Gasteiger partial charge on any atom is -0.359 e. The minimum absolute atomic E-state index is 0.0359. The van der Waals surface area contributed by atoms with E-state index >= 15 is 0 Å². The maximum absolute atomic E-state index is 12.1. The lowest BCUT2D eigenvalue weighted by Gasteiger charge is -2.06. The van der Waals surface area contributed by atoms with E-state index in [4.69, 9.17) is 4.52 Å². The van der Waals surface area contributed by atoms with Gasteiger partial charge in [-0.25, -0.2) is 0 Å². The van der Waals surface area contributed by atoms with E-state index in [0.717, 1.165) is 16.9 Å². The van der Waals surface area contributed by atoms with Gasteiger partial charge < -0.3 is 14.4 Å². The molecule has 0 aliphatic heterocycles. The van der Waals surface area contributed by atoms with Crippen LogP contribution in [-0.2, 0) is 17.8 Å². The molecule has 3 aromatic rings. The smallest absolute Gasteiger partial charge is 0.224 e. The van der Waals surface area contributed by atoms with Crippen molar-refractivity contribution in [2.45, 2.75) is 32.7 Å². The summed E-state index contributed by atoms with van der Waals surface area (Å²) < 4.78 is 7.24. The third-order valence-corrected chi connectivity index (χ3v) is 3.83. The molecule has 1 aromatic carbocycles. The van der Waals surface area contributed by atoms with Crippen LogP contribution in [0.2, 0.25) is 0 Å². The first-order valence-corrected chi connectivity index (χ1v) is 8.06. The molecule has 2 aromatic heterocycles. The molecule has 0 bridgehead atoms. The molecule has 0 saturated heterocycles. The van der Waals surface area contributed by atoms with Gasteiger partial charge in [0.2, 0.25) is 5.91 Å². The molecule has 1 N–H and O–H groups in total. The second-order valence-electron chi connectivity index (χ2n) is 6.08. The van der Waals surface area contributed by atoms with Crippen molar-refractivity contribution in [2.24, 2.45) is 0 Å². The molecular formula is C19H21N3O2. The minimum atomic E-state index is -0.0359. The van der Waals surface area contributed by atoms with Crippen LogP contribution in [0.4, 0.5) is 0 Å². The van der Waals surface area contributed by atoms with Crippen LogP contribution < -0.4 is 5.32 Å². The Morgan fingerprint density at radius 2 is 1.92 bits per heavy atom. The molecule has 1 amide bonds. The number of nitrogens with zero attached hydrogens (tertiary/aromatic N) is 2. The molecule has 24 heavy (non-hydrogen) atoms. The number of rotatable bonds is 6. The van der Waals surface area contributed by atoms with Crippen molar-refractivity contribution in [2.75, 3.05) is 0 Å². The summed E-state index contributed by atoms with van der Waals surface area (Å²) >= 11 is 0. The first-order valence-electron chi connectivity index (χ1n) is 8.06. The fraction of sp³-hybridized carbons (Fsp3) is 0.263. The fourth-order valence-corrected chi connectivity index (χ4v) is 2.41. The summed E-state index contributed by atoms with van der Waals surface area (Å²) in [6.45, 7) is 4.47. The Bertz CT molecular complexity index is 786. The number of carbonyl (C=O) groups excluding carboxylic acids is 1. The highest BCUT2D eigenvalue weighted by Crippen LogP contribution is 2.14. The van der Waals surface area contributed by atoms with Crippen LogP contribution in [0.5, 0.6) is 0 Å². The Morgan fingerprint density at radius 3 is 2.54 bits per heavy atom. The van der Waals surface area contributed by atoms with E-state index in [0.29, 0.717) is 24.6 Å². The second-order valence-corrected chi connectivity index (χ2v) is 6.08. The molecule has 5 nitrogen and oxygen atoms in total. The highest BCUT2D eigenvalue weighted by Gasteiger charge is 2.09. The van der Waals surface area contributed by atoms with Gasteiger partial charge in [0.15, 0.2) is 5.76 Å². The zero-order chi connectivity index (χ0) is 16.9. The molecule has 0 fully saturated rings. The largest absolute Gasteiger partial charge is 0.359 e. The maximum Gasteiger partial charge on any atom is 0.224 e. The second kappa shape index (κ2) is 7.17. The summed E-state index contributed by atoms with van der Waals surface area (Å²) in [6, 6.07) is 13.8. The predicted octanol–water partition coefficient (Wildman–Crippen LogP) is 3.45. The van der Waals surface area contributed by atoms with E-state index in [-0.39, 0.29) is 5.91 Å². The summed E-state index contributed by atoms with van der Waals surface area (Å²) in [4.78, 5) is 12.1. The van der Waals surface area contributed by atoms with Gasteiger partial charge in [-0.05, 0) is 35.7 Å². The van der Waals surface area contributed by atoms with E-state index in [1.807, 2.05) is 59.4 Å². The third kappa shape index (κ3) is 3.93. The van der Waals surface area contributed by atoms with E-state index in [9.17, 15) is 4.79 Å². The number of nitrogens with one attached hydrogen (secondary N) is 1. The Labute approximate surface area is 141 Å². The Kier molecular flexibility index (Phi) is 4.79. The molecule has 0 spiro atoms. The Balaban J connectivity index is 1.52. The maximum atomic E-state index is 12.1. The summed E-state index contributed by atoms with van der Waals surface area (Å²) in [7, 11) is 0. The van der Waals surface area contributed by atoms with Crippen LogP contribution in [0.3, 0.4) is 0 Å². The lowest BCUT2D eigenvalue weighted by molar-refractivity contribution is -0.120. The van der Waals surface area contributed by atoms with Gasteiger partial charge in [-0.3, -0.25) is 4.79 Å². The first kappa shape index (κ1) is 16.1. The molecule has 0 aliphatic carbocycles. The quantitative estimate of drug-likeness (QED) is 0.756. The summed E-state index contributed by atoms with van der Waals surface area (Å²) in [6.07, 6.45) is 4.33. The topological polar surface area (TPSA) is 60.1 Å². The predicted molar refractivity (Wildman–Crippen MR) is 91.9 cm³/mol. The zero-order valence-electron chi connectivity index (χ0n) is 13.9. The molecule has 0 radical (unpaired) electrons. The van der Waals surface area contributed by atoms with E-state index in [1.54, 1.807) is 0 Å². The van der Waals surface area contributed by atoms with Crippen LogP contribution >= 0.6 is 0 Å². The van der Waals surface area contributed by atoms with E-state index < -0.39 is 0 Å². The highest BCUT2D eigenvalue weighted by molar-refractivity contribution is 5.78. The van der Waals surface area contributed by atoms with Crippen molar-refractivity contribution in [1.82, 2.24) is 15.0 Å². The van der Waals surface area contributed by atoms with Crippen molar-refractivity contribution in [3.63, 3.8) is 0 Å². The molecular weight excluding hydrogens is 302 g/mol. The van der Waals surface area contributed by atoms with Crippen molar-refractivity contribution in [1.29, 1.82) is 0 Å². The Morgan fingerprint density at radius 1 is 1.21 bits per heavy atom. The number of benzene rings is 1. The van der Waals surface area contributed by atoms with Crippen molar-refractivity contribution in [3.8, 4) is 5.69 Å². The van der Waals surface area contributed by atoms with Crippen molar-refractivity contribution < 1.29 is 9.32 Å². The summed E-state index contributed by atoms with van der Waals surface area (Å²) in [5.41, 5.74) is 2.95. The normalized spacial score (nSPS) is 11.0. The molecule has 2 heterocycles. The van der Waals surface area contributed by atoms with Crippen LogP contribution in [0.25, 0.3) is 5.69 Å². The molecule has 124 valence electrons. The molecule has 0 saturated carbocycles. The number of hydrogen-bond donors (Lipinski definition) is 1. The van der Waals surface area contributed by atoms with Gasteiger partial charge in [0.1, 0.15) is 0 Å². The monoisotopic (exact) mass is 323 g/mol. The lowest BCUT2D eigenvalue weighted by atomic mass is 10.1. The summed E-state index contributed by atoms with van der Waals surface area (Å²) in [5.74, 6) is 0.957. The Hall–Kier alpha value is -2.82. The number of amides is 1. The average molecular weight is 323 g/mol. The van der Waals surface area contributed by atoms with E-state index in [2.05, 4.69) is 24.3 Å². The lowest BCUT2D eigenvalue weighted by Crippen LogP contribution is -2.24. The van der Waals surface area contributed by atoms with Crippen LogP contribution in [0.15, 0.2) is 59.4 Å². The van der Waals surface area contributed by atoms with Gasteiger partial charge in [-0.1, -0.05) is 31.1 Å². The van der Waals surface area contributed by atoms with E-state index in [1.165, 1.54) is 0 Å². The van der Waals surface area contributed by atoms with Crippen molar-refractivity contribution in [3.05, 3.63) is 71.9 Å². The van der Waals surface area contributed by atoms with Gasteiger partial charge >= 0.3 is 0 Å². The fourth-order valence-electron chi connectivity index (χ4n) is 2.41. The third-order valence-electron chi connectivity index (χ3n) is 3.83. The SMILES string of the molecule is CC(C)c1cc(CNC(=O)Cc2ccc(-n3cccc3)cc2)on1. The van der Waals surface area contributed by atoms with Crippen LogP contribution in [-0.4, -0.2) is 15.6 Å². The molecule has 0 aliphatic rings. The summed E-state index contributed by atoms with van der Waals surface area (Å²) in [5, 5.41) is 6.85. The number of aromatic nitrogens is 2. The van der Waals surface area contributed by atoms with Crippen LogP contribution in [0, 0.1) is 0 Å². The number of hydrogen-bond acceptors (Lipinski definition) is 3. The zero-order valence-corrected chi connectivity index (χ0v) is 13.9. The first-order chi connectivity index (χ1) is 11.6. The van der Waals surface area contributed by atoms with Gasteiger partial charge in [0.25, 0.3) is 0 Å². The standard InChI is InChI=1S/C19H21N3O2/c1-14(2)18-12-17(24-21-18)13-20-19(23)11-15-5-7-16(8-6-15)22-9-3-4-10-22/h3-10,12,14H,11,13H2,1-2H3,(H,20,23). The van der Waals surface area contributed by atoms with Gasteiger partial charge in [-0.15, -0.1) is 0 Å². The molecule has 5 heteroatoms. The van der Waals surface area contributed by atoms with Gasteiger partial charge in [0.05, 0.1) is 18.7 Å². The van der Waals surface area contributed by atoms with Gasteiger partial charge in [-0.2, -0.15) is 0 Å². The molecule has 3 rings (SSSR count).